The summed E-state index contributed by atoms with van der Waals surface area (Å²) >= 11 is 12.3. The number of halogens is 2. The van der Waals surface area contributed by atoms with Crippen molar-refractivity contribution in [1.29, 1.82) is 0 Å². The Bertz CT molecular complexity index is 888. The van der Waals surface area contributed by atoms with Crippen LogP contribution in [0.25, 0.3) is 0 Å². The fourth-order valence-electron chi connectivity index (χ4n) is 4.60. The standard InChI is InChI=1S/C24H30Cl2N4O/c1-28(15-19-7-8-21(25)22(26)13-19)20-14-23(24(31)29-11-9-27-10-12-29)30(17-20)16-18-5-3-2-4-6-18/h2-8,13,20,23,27H,9-12,14-17H2,1H3/t20-,23-/m0/s1. The zero-order chi connectivity index (χ0) is 21.8. The van der Waals surface area contributed by atoms with Gasteiger partial charge in [0.15, 0.2) is 0 Å². The highest BCUT2D eigenvalue weighted by atomic mass is 35.5. The van der Waals surface area contributed by atoms with E-state index in [-0.39, 0.29) is 11.9 Å². The molecule has 0 spiro atoms. The number of amides is 1. The second-order valence-electron chi connectivity index (χ2n) is 8.56. The third-order valence-electron chi connectivity index (χ3n) is 6.36. The minimum atomic E-state index is -0.0837. The molecule has 2 fully saturated rings. The molecule has 31 heavy (non-hydrogen) atoms. The molecule has 2 saturated heterocycles. The number of piperazine rings is 1. The van der Waals surface area contributed by atoms with Gasteiger partial charge in [0.25, 0.3) is 0 Å². The van der Waals surface area contributed by atoms with Crippen molar-refractivity contribution in [1.82, 2.24) is 20.0 Å². The van der Waals surface area contributed by atoms with Crippen LogP contribution in [0.5, 0.6) is 0 Å². The lowest BCUT2D eigenvalue weighted by atomic mass is 10.1. The second-order valence-corrected chi connectivity index (χ2v) is 9.37. The van der Waals surface area contributed by atoms with Gasteiger partial charge in [0, 0.05) is 51.9 Å². The molecule has 1 amide bonds. The molecule has 7 heteroatoms. The number of rotatable bonds is 6. The van der Waals surface area contributed by atoms with Crippen LogP contribution in [0.2, 0.25) is 10.0 Å². The molecule has 2 aliphatic heterocycles. The summed E-state index contributed by atoms with van der Waals surface area (Å²) in [6.07, 6.45) is 0.841. The maximum Gasteiger partial charge on any atom is 0.240 e. The number of hydrogen-bond donors (Lipinski definition) is 1. The number of likely N-dealkylation sites (tertiary alicyclic amines) is 1. The van der Waals surface area contributed by atoms with Crippen LogP contribution in [-0.2, 0) is 17.9 Å². The van der Waals surface area contributed by atoms with E-state index in [1.807, 2.05) is 29.2 Å². The molecule has 5 nitrogen and oxygen atoms in total. The molecule has 0 aromatic heterocycles. The van der Waals surface area contributed by atoms with E-state index in [1.165, 1.54) is 5.56 Å². The van der Waals surface area contributed by atoms with Crippen LogP contribution in [0, 0.1) is 0 Å². The van der Waals surface area contributed by atoms with Gasteiger partial charge in [-0.25, -0.2) is 0 Å². The van der Waals surface area contributed by atoms with E-state index in [1.54, 1.807) is 0 Å². The summed E-state index contributed by atoms with van der Waals surface area (Å²) < 4.78 is 0. The van der Waals surface area contributed by atoms with Gasteiger partial charge in [0.05, 0.1) is 16.1 Å². The zero-order valence-corrected chi connectivity index (χ0v) is 19.4. The summed E-state index contributed by atoms with van der Waals surface area (Å²) in [6.45, 7) is 5.76. The highest BCUT2D eigenvalue weighted by molar-refractivity contribution is 6.42. The Labute approximate surface area is 194 Å². The van der Waals surface area contributed by atoms with Gasteiger partial charge < -0.3 is 10.2 Å². The van der Waals surface area contributed by atoms with E-state index in [0.29, 0.717) is 16.1 Å². The summed E-state index contributed by atoms with van der Waals surface area (Å²) in [5, 5.41) is 4.49. The highest BCUT2D eigenvalue weighted by Gasteiger charge is 2.40. The minimum absolute atomic E-state index is 0.0837. The van der Waals surface area contributed by atoms with Crippen LogP contribution >= 0.6 is 23.2 Å². The van der Waals surface area contributed by atoms with Gasteiger partial charge in [0.1, 0.15) is 0 Å². The molecule has 0 aliphatic carbocycles. The Morgan fingerprint density at radius 2 is 1.81 bits per heavy atom. The number of hydrogen-bond acceptors (Lipinski definition) is 4. The molecule has 0 radical (unpaired) electrons. The first-order valence-electron chi connectivity index (χ1n) is 10.9. The molecular formula is C24H30Cl2N4O. The van der Waals surface area contributed by atoms with E-state index >= 15 is 0 Å². The monoisotopic (exact) mass is 460 g/mol. The normalized spacial score (nSPS) is 22.3. The minimum Gasteiger partial charge on any atom is -0.339 e. The Balaban J connectivity index is 1.48. The van der Waals surface area contributed by atoms with Crippen molar-refractivity contribution in [2.75, 3.05) is 39.8 Å². The average Bonchev–Trinajstić information content (AvgIpc) is 3.21. The van der Waals surface area contributed by atoms with Crippen LogP contribution in [0.4, 0.5) is 0 Å². The topological polar surface area (TPSA) is 38.8 Å². The van der Waals surface area contributed by atoms with Crippen molar-refractivity contribution in [3.05, 3.63) is 69.7 Å². The Morgan fingerprint density at radius 3 is 2.52 bits per heavy atom. The summed E-state index contributed by atoms with van der Waals surface area (Å²) in [4.78, 5) is 20.1. The van der Waals surface area contributed by atoms with Crippen molar-refractivity contribution < 1.29 is 4.79 Å². The maximum atomic E-state index is 13.4. The first-order valence-corrected chi connectivity index (χ1v) is 11.7. The number of carbonyl (C=O) groups excluding carboxylic acids is 1. The van der Waals surface area contributed by atoms with Crippen molar-refractivity contribution in [3.8, 4) is 0 Å². The van der Waals surface area contributed by atoms with Gasteiger partial charge in [-0.3, -0.25) is 14.6 Å². The molecule has 2 atom stereocenters. The number of nitrogens with zero attached hydrogens (tertiary/aromatic N) is 3. The summed E-state index contributed by atoms with van der Waals surface area (Å²) in [5.74, 6) is 0.267. The van der Waals surface area contributed by atoms with Crippen molar-refractivity contribution in [3.63, 3.8) is 0 Å². The molecule has 2 heterocycles. The number of nitrogens with one attached hydrogen (secondary N) is 1. The van der Waals surface area contributed by atoms with Crippen molar-refractivity contribution >= 4 is 29.1 Å². The third kappa shape index (κ3) is 5.60. The van der Waals surface area contributed by atoms with Gasteiger partial charge in [-0.2, -0.15) is 0 Å². The zero-order valence-electron chi connectivity index (χ0n) is 17.9. The smallest absolute Gasteiger partial charge is 0.240 e. The Kier molecular flexibility index (Phi) is 7.51. The van der Waals surface area contributed by atoms with Gasteiger partial charge in [0.2, 0.25) is 5.91 Å². The quantitative estimate of drug-likeness (QED) is 0.715. The van der Waals surface area contributed by atoms with E-state index in [2.05, 4.69) is 46.4 Å². The lowest BCUT2D eigenvalue weighted by molar-refractivity contribution is -0.136. The predicted molar refractivity (Wildman–Crippen MR) is 126 cm³/mol. The van der Waals surface area contributed by atoms with E-state index in [4.69, 9.17) is 23.2 Å². The lowest BCUT2D eigenvalue weighted by Crippen LogP contribution is -2.52. The van der Waals surface area contributed by atoms with Crippen LogP contribution in [0.15, 0.2) is 48.5 Å². The lowest BCUT2D eigenvalue weighted by Gasteiger charge is -2.32. The number of likely N-dealkylation sites (N-methyl/N-ethyl adjacent to an activating group) is 1. The molecule has 0 unspecified atom stereocenters. The number of benzene rings is 2. The Hall–Kier alpha value is -1.63. The van der Waals surface area contributed by atoms with Crippen molar-refractivity contribution in [2.45, 2.75) is 31.6 Å². The van der Waals surface area contributed by atoms with Crippen LogP contribution < -0.4 is 5.32 Å². The molecule has 166 valence electrons. The molecule has 2 aliphatic rings. The molecule has 2 aromatic rings. The largest absolute Gasteiger partial charge is 0.339 e. The van der Waals surface area contributed by atoms with Gasteiger partial charge in [-0.1, -0.05) is 59.6 Å². The number of carbonyl (C=O) groups is 1. The molecular weight excluding hydrogens is 431 g/mol. The first kappa shape index (κ1) is 22.6. The summed E-state index contributed by atoms with van der Waals surface area (Å²) in [7, 11) is 2.13. The fraction of sp³-hybridized carbons (Fsp3) is 0.458. The fourth-order valence-corrected chi connectivity index (χ4v) is 4.92. The Morgan fingerprint density at radius 1 is 1.06 bits per heavy atom. The summed E-state index contributed by atoms with van der Waals surface area (Å²) in [6, 6.07) is 16.4. The van der Waals surface area contributed by atoms with Gasteiger partial charge in [-0.15, -0.1) is 0 Å². The van der Waals surface area contributed by atoms with Gasteiger partial charge in [-0.05, 0) is 36.7 Å². The summed E-state index contributed by atoms with van der Waals surface area (Å²) in [5.41, 5.74) is 2.37. The van der Waals surface area contributed by atoms with E-state index in [0.717, 1.165) is 57.8 Å². The highest BCUT2D eigenvalue weighted by Crippen LogP contribution is 2.28. The molecule has 4 rings (SSSR count). The molecule has 1 N–H and O–H groups in total. The average molecular weight is 461 g/mol. The first-order chi connectivity index (χ1) is 15.0. The predicted octanol–water partition coefficient (Wildman–Crippen LogP) is 3.50. The van der Waals surface area contributed by atoms with Crippen LogP contribution in [-0.4, -0.2) is 72.5 Å². The van der Waals surface area contributed by atoms with Crippen LogP contribution in [0.3, 0.4) is 0 Å². The maximum absolute atomic E-state index is 13.4. The molecule has 2 aromatic carbocycles. The third-order valence-corrected chi connectivity index (χ3v) is 7.10. The SMILES string of the molecule is CN(Cc1ccc(Cl)c(Cl)c1)[C@H]1C[C@@H](C(=O)N2CCNCC2)N(Cc2ccccc2)C1. The molecule has 0 bridgehead atoms. The van der Waals surface area contributed by atoms with Gasteiger partial charge >= 0.3 is 0 Å². The second kappa shape index (κ2) is 10.3. The van der Waals surface area contributed by atoms with E-state index in [9.17, 15) is 4.79 Å². The molecule has 0 saturated carbocycles. The van der Waals surface area contributed by atoms with Crippen LogP contribution in [0.1, 0.15) is 17.5 Å². The van der Waals surface area contributed by atoms with Crippen molar-refractivity contribution in [2.24, 2.45) is 0 Å². The van der Waals surface area contributed by atoms with E-state index < -0.39 is 0 Å².